The highest BCUT2D eigenvalue weighted by Crippen LogP contribution is 2.16. The smallest absolute Gasteiger partial charge is 0.228 e. The minimum absolute atomic E-state index is 0.654. The second-order valence-electron chi connectivity index (χ2n) is 4.12. The second-order valence-corrected chi connectivity index (χ2v) is 4.50. The molecule has 0 atom stereocenters. The Kier molecular flexibility index (Phi) is 6.80. The Morgan fingerprint density at radius 1 is 1.33 bits per heavy atom. The molecule has 0 aromatic carbocycles. The van der Waals surface area contributed by atoms with Crippen LogP contribution in [0.4, 0.5) is 5.95 Å². The molecule has 0 amide bonds. The molecular weight excluding hydrogens is 250 g/mol. The summed E-state index contributed by atoms with van der Waals surface area (Å²) in [5, 5.41) is 0. The van der Waals surface area contributed by atoms with E-state index in [0.29, 0.717) is 18.4 Å². The first kappa shape index (κ1) is 15.0. The summed E-state index contributed by atoms with van der Waals surface area (Å²) >= 11 is 5.73. The van der Waals surface area contributed by atoms with E-state index in [0.717, 1.165) is 37.6 Å². The maximum atomic E-state index is 5.73. The average molecular weight is 272 g/mol. The predicted molar refractivity (Wildman–Crippen MR) is 75.8 cm³/mol. The van der Waals surface area contributed by atoms with Crippen molar-refractivity contribution in [3.8, 4) is 5.88 Å². The van der Waals surface area contributed by atoms with Crippen molar-refractivity contribution in [3.63, 3.8) is 0 Å². The minimum atomic E-state index is 0.654. The van der Waals surface area contributed by atoms with Gasteiger partial charge in [0, 0.05) is 30.7 Å². The van der Waals surface area contributed by atoms with Gasteiger partial charge >= 0.3 is 0 Å². The lowest BCUT2D eigenvalue weighted by atomic mass is 10.4. The molecule has 102 valence electrons. The highest BCUT2D eigenvalue weighted by atomic mass is 35.5. The number of hydrogen-bond donors (Lipinski definition) is 0. The standard InChI is InChI=1S/C13H22ClN3O/c1-4-9-18-12-10-11(3)15-13(16-12)17(5-2)8-6-7-14/h10H,4-9H2,1-3H3. The maximum Gasteiger partial charge on any atom is 0.228 e. The van der Waals surface area contributed by atoms with E-state index in [9.17, 15) is 0 Å². The molecule has 0 aliphatic rings. The van der Waals surface area contributed by atoms with E-state index in [-0.39, 0.29) is 0 Å². The van der Waals surface area contributed by atoms with Gasteiger partial charge in [0.2, 0.25) is 11.8 Å². The van der Waals surface area contributed by atoms with Gasteiger partial charge in [-0.15, -0.1) is 11.6 Å². The molecule has 0 spiro atoms. The number of halogens is 1. The number of hydrogen-bond acceptors (Lipinski definition) is 4. The van der Waals surface area contributed by atoms with Crippen molar-refractivity contribution in [1.82, 2.24) is 9.97 Å². The van der Waals surface area contributed by atoms with Gasteiger partial charge in [-0.3, -0.25) is 0 Å². The lowest BCUT2D eigenvalue weighted by Crippen LogP contribution is -2.26. The zero-order valence-corrected chi connectivity index (χ0v) is 12.2. The molecule has 0 N–H and O–H groups in total. The van der Waals surface area contributed by atoms with Crippen LogP contribution in [0, 0.1) is 6.92 Å². The van der Waals surface area contributed by atoms with Crippen LogP contribution in [-0.2, 0) is 0 Å². The summed E-state index contributed by atoms with van der Waals surface area (Å²) in [6.45, 7) is 8.55. The minimum Gasteiger partial charge on any atom is -0.478 e. The van der Waals surface area contributed by atoms with E-state index in [1.807, 2.05) is 13.0 Å². The molecule has 0 saturated heterocycles. The molecule has 0 aliphatic heterocycles. The molecule has 4 nitrogen and oxygen atoms in total. The Hall–Kier alpha value is -1.03. The summed E-state index contributed by atoms with van der Waals surface area (Å²) in [7, 11) is 0. The molecular formula is C13H22ClN3O. The Balaban J connectivity index is 2.81. The molecule has 0 unspecified atom stereocenters. The van der Waals surface area contributed by atoms with E-state index < -0.39 is 0 Å². The van der Waals surface area contributed by atoms with Crippen LogP contribution in [0.1, 0.15) is 32.4 Å². The zero-order chi connectivity index (χ0) is 13.4. The summed E-state index contributed by atoms with van der Waals surface area (Å²) in [4.78, 5) is 11.0. The van der Waals surface area contributed by atoms with E-state index >= 15 is 0 Å². The largest absolute Gasteiger partial charge is 0.478 e. The molecule has 1 rings (SSSR count). The summed E-state index contributed by atoms with van der Waals surface area (Å²) < 4.78 is 5.57. The number of anilines is 1. The van der Waals surface area contributed by atoms with Gasteiger partial charge in [0.25, 0.3) is 0 Å². The van der Waals surface area contributed by atoms with Gasteiger partial charge in [0.1, 0.15) is 0 Å². The molecule has 0 fully saturated rings. The van der Waals surface area contributed by atoms with E-state index in [1.165, 1.54) is 0 Å². The normalized spacial score (nSPS) is 10.4. The number of rotatable bonds is 8. The predicted octanol–water partition coefficient (Wildman–Crippen LogP) is 3.03. The van der Waals surface area contributed by atoms with Crippen molar-refractivity contribution >= 4 is 17.5 Å². The van der Waals surface area contributed by atoms with Crippen molar-refractivity contribution < 1.29 is 4.74 Å². The number of ether oxygens (including phenoxy) is 1. The van der Waals surface area contributed by atoms with Crippen LogP contribution >= 0.6 is 11.6 Å². The van der Waals surface area contributed by atoms with Gasteiger partial charge in [-0.05, 0) is 26.7 Å². The Morgan fingerprint density at radius 2 is 2.11 bits per heavy atom. The summed E-state index contributed by atoms with van der Waals surface area (Å²) in [6, 6.07) is 1.87. The van der Waals surface area contributed by atoms with Gasteiger partial charge in [0.05, 0.1) is 6.61 Å². The van der Waals surface area contributed by atoms with Crippen LogP contribution in [-0.4, -0.2) is 35.5 Å². The van der Waals surface area contributed by atoms with Gasteiger partial charge in [-0.1, -0.05) is 6.92 Å². The Labute approximate surface area is 114 Å². The third-order valence-electron chi connectivity index (χ3n) is 2.50. The molecule has 1 aromatic rings. The molecule has 1 aromatic heterocycles. The van der Waals surface area contributed by atoms with Gasteiger partial charge in [-0.2, -0.15) is 4.98 Å². The molecule has 18 heavy (non-hydrogen) atoms. The number of nitrogens with zero attached hydrogens (tertiary/aromatic N) is 3. The van der Waals surface area contributed by atoms with E-state index in [2.05, 4.69) is 28.7 Å². The van der Waals surface area contributed by atoms with Gasteiger partial charge in [0.15, 0.2) is 0 Å². The maximum absolute atomic E-state index is 5.73. The molecule has 0 aliphatic carbocycles. The Morgan fingerprint density at radius 3 is 2.72 bits per heavy atom. The Bertz CT molecular complexity index is 360. The van der Waals surface area contributed by atoms with E-state index in [1.54, 1.807) is 0 Å². The SMILES string of the molecule is CCCOc1cc(C)nc(N(CC)CCCCl)n1. The third-order valence-corrected chi connectivity index (χ3v) is 2.77. The molecule has 0 radical (unpaired) electrons. The molecule has 5 heteroatoms. The second kappa shape index (κ2) is 8.14. The van der Waals surface area contributed by atoms with Crippen LogP contribution < -0.4 is 9.64 Å². The zero-order valence-electron chi connectivity index (χ0n) is 11.4. The summed E-state index contributed by atoms with van der Waals surface area (Å²) in [6.07, 6.45) is 1.90. The first-order valence-electron chi connectivity index (χ1n) is 6.50. The van der Waals surface area contributed by atoms with Crippen molar-refractivity contribution in [2.24, 2.45) is 0 Å². The van der Waals surface area contributed by atoms with Crippen LogP contribution in [0.5, 0.6) is 5.88 Å². The lowest BCUT2D eigenvalue weighted by Gasteiger charge is -2.21. The third kappa shape index (κ3) is 4.69. The van der Waals surface area contributed by atoms with Crippen molar-refractivity contribution in [1.29, 1.82) is 0 Å². The van der Waals surface area contributed by atoms with Crippen LogP contribution in [0.15, 0.2) is 6.07 Å². The van der Waals surface area contributed by atoms with Gasteiger partial charge < -0.3 is 9.64 Å². The lowest BCUT2D eigenvalue weighted by molar-refractivity contribution is 0.304. The fourth-order valence-electron chi connectivity index (χ4n) is 1.60. The number of alkyl halides is 1. The van der Waals surface area contributed by atoms with Crippen LogP contribution in [0.3, 0.4) is 0 Å². The number of aromatic nitrogens is 2. The quantitative estimate of drug-likeness (QED) is 0.681. The topological polar surface area (TPSA) is 38.2 Å². The van der Waals surface area contributed by atoms with Crippen molar-refractivity contribution in [2.45, 2.75) is 33.6 Å². The highest BCUT2D eigenvalue weighted by molar-refractivity contribution is 6.17. The van der Waals surface area contributed by atoms with Crippen LogP contribution in [0.25, 0.3) is 0 Å². The molecule has 0 bridgehead atoms. The fraction of sp³-hybridized carbons (Fsp3) is 0.692. The van der Waals surface area contributed by atoms with Crippen molar-refractivity contribution in [3.05, 3.63) is 11.8 Å². The van der Waals surface area contributed by atoms with Crippen molar-refractivity contribution in [2.75, 3.05) is 30.5 Å². The monoisotopic (exact) mass is 271 g/mol. The van der Waals surface area contributed by atoms with Crippen LogP contribution in [0.2, 0.25) is 0 Å². The highest BCUT2D eigenvalue weighted by Gasteiger charge is 2.10. The summed E-state index contributed by atoms with van der Waals surface area (Å²) in [5.74, 6) is 2.04. The van der Waals surface area contributed by atoms with E-state index in [4.69, 9.17) is 16.3 Å². The number of aryl methyl sites for hydroxylation is 1. The summed E-state index contributed by atoms with van der Waals surface area (Å²) in [5.41, 5.74) is 0.926. The molecule has 0 saturated carbocycles. The fourth-order valence-corrected chi connectivity index (χ4v) is 1.72. The first-order valence-corrected chi connectivity index (χ1v) is 7.04. The molecule has 1 heterocycles. The average Bonchev–Trinajstić information content (AvgIpc) is 2.37. The van der Waals surface area contributed by atoms with Gasteiger partial charge in [-0.25, -0.2) is 4.98 Å². The first-order chi connectivity index (χ1) is 8.71.